The van der Waals surface area contributed by atoms with Gasteiger partial charge in [0.15, 0.2) is 0 Å². The lowest BCUT2D eigenvalue weighted by atomic mass is 9.74. The molecular formula is C28H32N2O3. The molecule has 2 aromatic carbocycles. The summed E-state index contributed by atoms with van der Waals surface area (Å²) >= 11 is 0. The molecule has 2 aliphatic heterocycles. The van der Waals surface area contributed by atoms with Crippen LogP contribution in [0.5, 0.6) is 5.75 Å². The number of amides is 1. The Morgan fingerprint density at radius 2 is 1.82 bits per heavy atom. The molecule has 3 atom stereocenters. The normalized spacial score (nSPS) is 25.0. The van der Waals surface area contributed by atoms with E-state index in [0.717, 1.165) is 62.2 Å². The predicted octanol–water partition coefficient (Wildman–Crippen LogP) is 3.26. The van der Waals surface area contributed by atoms with Crippen LogP contribution in [0, 0.1) is 17.8 Å². The number of carbonyl (C=O) groups excluding carboxylic acids is 1. The van der Waals surface area contributed by atoms with Crippen molar-refractivity contribution in [1.29, 1.82) is 0 Å². The Kier molecular flexibility index (Phi) is 6.39. The summed E-state index contributed by atoms with van der Waals surface area (Å²) in [6.45, 7) is 2.78. The minimum atomic E-state index is 0.122. The van der Waals surface area contributed by atoms with Crippen LogP contribution in [-0.4, -0.2) is 66.2 Å². The van der Waals surface area contributed by atoms with Crippen molar-refractivity contribution in [2.45, 2.75) is 43.7 Å². The molecule has 3 fully saturated rings. The van der Waals surface area contributed by atoms with Crippen LogP contribution in [0.2, 0.25) is 0 Å². The molecule has 33 heavy (non-hydrogen) atoms. The molecule has 0 unspecified atom stereocenters. The Hall–Kier alpha value is -2.81. The lowest BCUT2D eigenvalue weighted by Gasteiger charge is -2.57. The van der Waals surface area contributed by atoms with Crippen LogP contribution in [0.1, 0.15) is 48.3 Å². The quantitative estimate of drug-likeness (QED) is 0.736. The summed E-state index contributed by atoms with van der Waals surface area (Å²) in [5, 5.41) is 10.1. The number of carbonyl (C=O) groups is 1. The molecule has 2 aromatic rings. The van der Waals surface area contributed by atoms with E-state index in [1.165, 1.54) is 5.56 Å². The van der Waals surface area contributed by atoms with Gasteiger partial charge < -0.3 is 14.7 Å². The van der Waals surface area contributed by atoms with Crippen LogP contribution in [0.4, 0.5) is 0 Å². The number of methoxy groups -OCH3 is 1. The van der Waals surface area contributed by atoms with Crippen molar-refractivity contribution in [3.8, 4) is 17.6 Å². The van der Waals surface area contributed by atoms with Crippen molar-refractivity contribution in [3.63, 3.8) is 0 Å². The summed E-state index contributed by atoms with van der Waals surface area (Å²) < 4.78 is 5.39. The fraction of sp³-hybridized carbons (Fsp3) is 0.464. The summed E-state index contributed by atoms with van der Waals surface area (Å²) in [4.78, 5) is 17.3. The van der Waals surface area contributed by atoms with Gasteiger partial charge in [-0.25, -0.2) is 0 Å². The second kappa shape index (κ2) is 9.59. The van der Waals surface area contributed by atoms with Crippen molar-refractivity contribution >= 4 is 5.91 Å². The van der Waals surface area contributed by atoms with Crippen LogP contribution in [0.3, 0.4) is 0 Å². The third-order valence-corrected chi connectivity index (χ3v) is 7.35. The molecular weight excluding hydrogens is 412 g/mol. The van der Waals surface area contributed by atoms with E-state index in [1.54, 1.807) is 7.11 Å². The van der Waals surface area contributed by atoms with Crippen LogP contribution in [-0.2, 0) is 4.79 Å². The van der Waals surface area contributed by atoms with E-state index in [0.29, 0.717) is 5.91 Å². The molecule has 2 heterocycles. The topological polar surface area (TPSA) is 53.0 Å². The van der Waals surface area contributed by atoms with Crippen molar-refractivity contribution in [2.75, 3.05) is 33.4 Å². The number of ether oxygens (including phenoxy) is 1. The zero-order valence-electron chi connectivity index (χ0n) is 19.2. The van der Waals surface area contributed by atoms with Crippen molar-refractivity contribution in [1.82, 2.24) is 9.80 Å². The summed E-state index contributed by atoms with van der Waals surface area (Å²) in [6, 6.07) is 16.6. The third kappa shape index (κ3) is 4.51. The minimum absolute atomic E-state index is 0.122. The predicted molar refractivity (Wildman–Crippen MR) is 128 cm³/mol. The van der Waals surface area contributed by atoms with Crippen LogP contribution in [0.25, 0.3) is 0 Å². The van der Waals surface area contributed by atoms with E-state index in [1.807, 2.05) is 24.3 Å². The van der Waals surface area contributed by atoms with Crippen molar-refractivity contribution in [3.05, 3.63) is 65.2 Å². The van der Waals surface area contributed by atoms with Crippen LogP contribution >= 0.6 is 0 Å². The summed E-state index contributed by atoms with van der Waals surface area (Å²) in [6.07, 6.45) is 4.21. The number of para-hydroxylation sites is 1. The van der Waals surface area contributed by atoms with E-state index < -0.39 is 0 Å². The van der Waals surface area contributed by atoms with E-state index in [4.69, 9.17) is 4.74 Å². The standard InChI is InChI=1S/C28H32N2O3/c1-33-26-7-3-2-6-21(26)11-8-20-9-12-22(13-10-20)27-24-18-29(28(32)23-14-15-23)16-4-5-17-30(24)25(27)19-31/h2-3,6-7,9-10,12-13,23-25,27,31H,4-5,14-19H2,1H3/t24-,25-,27+/m0/s1. The SMILES string of the molecule is COc1ccccc1C#Cc1ccc([C@H]2[C@H](CO)N3CCCCN(C(=O)C4CC4)C[C@@H]23)cc1. The molecule has 0 bridgehead atoms. The maximum Gasteiger partial charge on any atom is 0.225 e. The number of hydrogen-bond acceptors (Lipinski definition) is 4. The number of benzene rings is 2. The van der Waals surface area contributed by atoms with Gasteiger partial charge in [-0.3, -0.25) is 9.69 Å². The summed E-state index contributed by atoms with van der Waals surface area (Å²) in [5.74, 6) is 8.04. The molecule has 5 heteroatoms. The Morgan fingerprint density at radius 1 is 1.06 bits per heavy atom. The van der Waals surface area contributed by atoms with Crippen LogP contribution in [0.15, 0.2) is 48.5 Å². The van der Waals surface area contributed by atoms with Gasteiger partial charge in [0.25, 0.3) is 0 Å². The van der Waals surface area contributed by atoms with Crippen LogP contribution < -0.4 is 4.74 Å². The zero-order chi connectivity index (χ0) is 22.8. The van der Waals surface area contributed by atoms with E-state index in [2.05, 4.69) is 45.9 Å². The van der Waals surface area contributed by atoms with Gasteiger partial charge in [-0.2, -0.15) is 0 Å². The summed E-state index contributed by atoms with van der Waals surface area (Å²) in [7, 11) is 1.66. The largest absolute Gasteiger partial charge is 0.495 e. The molecule has 5 nitrogen and oxygen atoms in total. The maximum atomic E-state index is 12.8. The first-order valence-electron chi connectivity index (χ1n) is 12.1. The molecule has 5 rings (SSSR count). The lowest BCUT2D eigenvalue weighted by Crippen LogP contribution is -2.68. The Balaban J connectivity index is 1.34. The highest BCUT2D eigenvalue weighted by molar-refractivity contribution is 5.81. The number of hydrogen-bond donors (Lipinski definition) is 1. The average molecular weight is 445 g/mol. The third-order valence-electron chi connectivity index (χ3n) is 7.35. The van der Waals surface area contributed by atoms with Gasteiger partial charge in [-0.15, -0.1) is 0 Å². The van der Waals surface area contributed by atoms with Gasteiger partial charge in [0.05, 0.1) is 19.3 Å². The summed E-state index contributed by atoms with van der Waals surface area (Å²) in [5.41, 5.74) is 3.04. The first-order chi connectivity index (χ1) is 16.2. The molecule has 1 saturated carbocycles. The van der Waals surface area contributed by atoms with E-state index in [-0.39, 0.29) is 30.5 Å². The smallest absolute Gasteiger partial charge is 0.225 e. The molecule has 2 saturated heterocycles. The van der Waals surface area contributed by atoms with E-state index >= 15 is 0 Å². The zero-order valence-corrected chi connectivity index (χ0v) is 19.2. The second-order valence-corrected chi connectivity index (χ2v) is 9.42. The minimum Gasteiger partial charge on any atom is -0.495 e. The van der Waals surface area contributed by atoms with Gasteiger partial charge in [0.2, 0.25) is 5.91 Å². The van der Waals surface area contributed by atoms with Gasteiger partial charge in [-0.1, -0.05) is 36.1 Å². The van der Waals surface area contributed by atoms with E-state index in [9.17, 15) is 9.90 Å². The number of nitrogens with zero attached hydrogens (tertiary/aromatic N) is 2. The first-order valence-corrected chi connectivity index (χ1v) is 12.1. The maximum absolute atomic E-state index is 12.8. The number of rotatable bonds is 4. The van der Waals surface area contributed by atoms with Crippen molar-refractivity contribution in [2.24, 2.45) is 5.92 Å². The number of aliphatic hydroxyl groups is 1. The Labute approximate surface area is 196 Å². The lowest BCUT2D eigenvalue weighted by molar-refractivity contribution is -0.137. The second-order valence-electron chi connectivity index (χ2n) is 9.42. The molecule has 0 spiro atoms. The number of aliphatic hydroxyl groups excluding tert-OH is 1. The number of fused-ring (bicyclic) bond motifs is 1. The molecule has 0 aromatic heterocycles. The molecule has 1 aliphatic carbocycles. The van der Waals surface area contributed by atoms with Gasteiger partial charge >= 0.3 is 0 Å². The molecule has 1 N–H and O–H groups in total. The van der Waals surface area contributed by atoms with Gasteiger partial charge in [-0.05, 0) is 62.1 Å². The monoisotopic (exact) mass is 444 g/mol. The highest BCUT2D eigenvalue weighted by atomic mass is 16.5. The molecule has 1 amide bonds. The van der Waals surface area contributed by atoms with Gasteiger partial charge in [0, 0.05) is 42.6 Å². The fourth-order valence-corrected chi connectivity index (χ4v) is 5.41. The highest BCUT2D eigenvalue weighted by Gasteiger charge is 2.50. The Bertz CT molecular complexity index is 1050. The highest BCUT2D eigenvalue weighted by Crippen LogP contribution is 2.42. The fourth-order valence-electron chi connectivity index (χ4n) is 5.41. The molecule has 172 valence electrons. The Morgan fingerprint density at radius 3 is 2.55 bits per heavy atom. The van der Waals surface area contributed by atoms with Gasteiger partial charge in [0.1, 0.15) is 5.75 Å². The first kappa shape index (κ1) is 22.0. The van der Waals surface area contributed by atoms with Crippen molar-refractivity contribution < 1.29 is 14.6 Å². The molecule has 3 aliphatic rings. The molecule has 0 radical (unpaired) electrons. The average Bonchev–Trinajstić information content (AvgIpc) is 3.68.